The monoisotopic (exact) mass is 126 g/mol. The lowest BCUT2D eigenvalue weighted by atomic mass is 10.6. The van der Waals surface area contributed by atoms with Crippen LogP contribution in [0.25, 0.3) is 0 Å². The molecule has 4 heteroatoms. The Morgan fingerprint density at radius 3 is 2.67 bits per heavy atom. The van der Waals surface area contributed by atoms with Gasteiger partial charge in [0.1, 0.15) is 0 Å². The number of hydrogen-bond acceptors (Lipinski definition) is 3. The van der Waals surface area contributed by atoms with Gasteiger partial charge in [-0.05, 0) is 6.92 Å². The lowest BCUT2D eigenvalue weighted by Crippen LogP contribution is -2.11. The summed E-state index contributed by atoms with van der Waals surface area (Å²) in [6.45, 7) is 1.92. The van der Waals surface area contributed by atoms with E-state index < -0.39 is 0 Å². The molecule has 1 rings (SSSR count). The van der Waals surface area contributed by atoms with Crippen molar-refractivity contribution in [2.24, 2.45) is 12.9 Å². The van der Waals surface area contributed by atoms with Gasteiger partial charge in [-0.1, -0.05) is 0 Å². The van der Waals surface area contributed by atoms with E-state index >= 15 is 0 Å². The summed E-state index contributed by atoms with van der Waals surface area (Å²) < 4.78 is 1.83. The number of nitrogens with zero attached hydrogens (tertiary/aromatic N) is 2. The minimum absolute atomic E-state index is 0.688. The Kier molecular flexibility index (Phi) is 1.40. The van der Waals surface area contributed by atoms with Crippen molar-refractivity contribution in [2.45, 2.75) is 6.92 Å². The van der Waals surface area contributed by atoms with Crippen molar-refractivity contribution in [3.05, 3.63) is 11.9 Å². The highest BCUT2D eigenvalue weighted by atomic mass is 15.3. The fourth-order valence-corrected chi connectivity index (χ4v) is 0.750. The van der Waals surface area contributed by atoms with Gasteiger partial charge < -0.3 is 4.57 Å². The molecule has 1 aromatic heterocycles. The number of aryl methyl sites for hydroxylation is 2. The van der Waals surface area contributed by atoms with Crippen LogP contribution in [0.1, 0.15) is 5.69 Å². The lowest BCUT2D eigenvalue weighted by Gasteiger charge is -1.95. The highest BCUT2D eigenvalue weighted by Crippen LogP contribution is 2.02. The lowest BCUT2D eigenvalue weighted by molar-refractivity contribution is 0.911. The largest absolute Gasteiger partial charge is 0.319 e. The van der Waals surface area contributed by atoms with Gasteiger partial charge in [0.05, 0.1) is 5.69 Å². The summed E-state index contributed by atoms with van der Waals surface area (Å²) in [4.78, 5) is 4.06. The maximum absolute atomic E-state index is 5.13. The molecule has 9 heavy (non-hydrogen) atoms. The van der Waals surface area contributed by atoms with Crippen LogP contribution in [0.2, 0.25) is 0 Å². The molecule has 3 N–H and O–H groups in total. The molecule has 0 bridgehead atoms. The maximum atomic E-state index is 5.13. The Labute approximate surface area is 53.7 Å². The first-order valence-electron chi connectivity index (χ1n) is 2.70. The molecule has 0 atom stereocenters. The fraction of sp³-hybridized carbons (Fsp3) is 0.400. The Morgan fingerprint density at radius 1 is 1.78 bits per heavy atom. The molecule has 1 aromatic rings. The minimum Gasteiger partial charge on any atom is -0.319 e. The number of imidazole rings is 1. The first-order chi connectivity index (χ1) is 4.24. The molecule has 0 fully saturated rings. The van der Waals surface area contributed by atoms with Gasteiger partial charge in [0, 0.05) is 13.2 Å². The van der Waals surface area contributed by atoms with Crippen molar-refractivity contribution in [1.82, 2.24) is 9.55 Å². The molecule has 0 saturated carbocycles. The molecule has 0 aliphatic heterocycles. The van der Waals surface area contributed by atoms with Crippen molar-refractivity contribution in [3.63, 3.8) is 0 Å². The summed E-state index contributed by atoms with van der Waals surface area (Å²) in [5, 5.41) is 0. The topological polar surface area (TPSA) is 55.9 Å². The summed E-state index contributed by atoms with van der Waals surface area (Å²) in [6, 6.07) is 0. The van der Waals surface area contributed by atoms with E-state index in [1.54, 1.807) is 0 Å². The second kappa shape index (κ2) is 2.06. The van der Waals surface area contributed by atoms with Gasteiger partial charge in [-0.25, -0.2) is 10.8 Å². The molecule has 0 aliphatic carbocycles. The average molecular weight is 126 g/mol. The predicted molar refractivity (Wildman–Crippen MR) is 35.8 cm³/mol. The third-order valence-corrected chi connectivity index (χ3v) is 1.13. The van der Waals surface area contributed by atoms with Gasteiger partial charge in [-0.3, -0.25) is 5.43 Å². The molecular weight excluding hydrogens is 116 g/mol. The number of hydrogen-bond donors (Lipinski definition) is 2. The minimum atomic E-state index is 0.688. The number of nitrogen functional groups attached to an aromatic ring is 1. The molecule has 0 amide bonds. The van der Waals surface area contributed by atoms with Gasteiger partial charge in [-0.2, -0.15) is 0 Å². The normalized spacial score (nSPS) is 9.67. The van der Waals surface area contributed by atoms with Crippen LogP contribution in [0.4, 0.5) is 5.95 Å². The van der Waals surface area contributed by atoms with Crippen LogP contribution < -0.4 is 11.3 Å². The van der Waals surface area contributed by atoms with Gasteiger partial charge in [-0.15, -0.1) is 0 Å². The van der Waals surface area contributed by atoms with Crippen molar-refractivity contribution in [3.8, 4) is 0 Å². The predicted octanol–water partition coefficient (Wildman–Crippen LogP) is 0.0141. The van der Waals surface area contributed by atoms with Crippen LogP contribution in [-0.4, -0.2) is 9.55 Å². The zero-order chi connectivity index (χ0) is 6.85. The molecule has 1 heterocycles. The van der Waals surface area contributed by atoms with Crippen molar-refractivity contribution in [2.75, 3.05) is 5.43 Å². The summed E-state index contributed by atoms with van der Waals surface area (Å²) >= 11 is 0. The zero-order valence-corrected chi connectivity index (χ0v) is 5.55. The summed E-state index contributed by atoms with van der Waals surface area (Å²) in [5.74, 6) is 5.82. The highest BCUT2D eigenvalue weighted by molar-refractivity contribution is 5.25. The Balaban J connectivity index is 3.01. The van der Waals surface area contributed by atoms with E-state index in [-0.39, 0.29) is 0 Å². The van der Waals surface area contributed by atoms with Crippen LogP contribution in [0.5, 0.6) is 0 Å². The van der Waals surface area contributed by atoms with Crippen LogP contribution in [-0.2, 0) is 7.05 Å². The molecule has 0 saturated heterocycles. The van der Waals surface area contributed by atoms with Gasteiger partial charge in [0.15, 0.2) is 0 Å². The van der Waals surface area contributed by atoms with E-state index in [2.05, 4.69) is 10.4 Å². The summed E-state index contributed by atoms with van der Waals surface area (Å²) in [6.07, 6.45) is 1.90. The molecule has 0 aromatic carbocycles. The van der Waals surface area contributed by atoms with E-state index in [4.69, 9.17) is 5.84 Å². The smallest absolute Gasteiger partial charge is 0.217 e. The third-order valence-electron chi connectivity index (χ3n) is 1.13. The van der Waals surface area contributed by atoms with E-state index in [1.165, 1.54) is 0 Å². The SMILES string of the molecule is Cc1cn(C)c(NN)n1. The fourth-order valence-electron chi connectivity index (χ4n) is 0.750. The van der Waals surface area contributed by atoms with Crippen LogP contribution >= 0.6 is 0 Å². The van der Waals surface area contributed by atoms with Crippen LogP contribution in [0.3, 0.4) is 0 Å². The highest BCUT2D eigenvalue weighted by Gasteiger charge is 1.96. The standard InChI is InChI=1S/C5H10N4/c1-4-3-9(2)5(7-4)8-6/h3H,6H2,1-2H3,(H,7,8). The van der Waals surface area contributed by atoms with E-state index in [0.717, 1.165) is 5.69 Å². The molecule has 0 spiro atoms. The number of nitrogens with one attached hydrogen (secondary N) is 1. The molecule has 0 unspecified atom stereocenters. The second-order valence-corrected chi connectivity index (χ2v) is 1.96. The first-order valence-corrected chi connectivity index (χ1v) is 2.70. The Morgan fingerprint density at radius 2 is 2.44 bits per heavy atom. The maximum Gasteiger partial charge on any atom is 0.217 e. The Hall–Kier alpha value is -1.03. The van der Waals surface area contributed by atoms with Gasteiger partial charge >= 0.3 is 0 Å². The number of rotatable bonds is 1. The first kappa shape index (κ1) is 6.10. The average Bonchev–Trinajstić information content (AvgIpc) is 2.10. The van der Waals surface area contributed by atoms with E-state index in [9.17, 15) is 0 Å². The molecule has 0 radical (unpaired) electrons. The van der Waals surface area contributed by atoms with E-state index in [1.807, 2.05) is 24.7 Å². The van der Waals surface area contributed by atoms with Crippen LogP contribution in [0.15, 0.2) is 6.20 Å². The number of aromatic nitrogens is 2. The van der Waals surface area contributed by atoms with Crippen LogP contribution in [0, 0.1) is 6.92 Å². The zero-order valence-electron chi connectivity index (χ0n) is 5.55. The summed E-state index contributed by atoms with van der Waals surface area (Å²) in [7, 11) is 1.88. The molecule has 0 aliphatic rings. The molecular formula is C5H10N4. The molecule has 50 valence electrons. The van der Waals surface area contributed by atoms with Gasteiger partial charge in [0.2, 0.25) is 5.95 Å². The van der Waals surface area contributed by atoms with Crippen molar-refractivity contribution < 1.29 is 0 Å². The number of nitrogens with two attached hydrogens (primary N) is 1. The van der Waals surface area contributed by atoms with Crippen molar-refractivity contribution >= 4 is 5.95 Å². The third kappa shape index (κ3) is 1.02. The van der Waals surface area contributed by atoms with Crippen molar-refractivity contribution in [1.29, 1.82) is 0 Å². The Bertz CT molecular complexity index is 203. The quantitative estimate of drug-likeness (QED) is 0.412. The van der Waals surface area contributed by atoms with Gasteiger partial charge in [0.25, 0.3) is 0 Å². The summed E-state index contributed by atoms with van der Waals surface area (Å²) in [5.41, 5.74) is 3.43. The number of hydrazine groups is 1. The second-order valence-electron chi connectivity index (χ2n) is 1.96. The number of anilines is 1. The van der Waals surface area contributed by atoms with E-state index in [0.29, 0.717) is 5.95 Å². The molecule has 4 nitrogen and oxygen atoms in total.